The summed E-state index contributed by atoms with van der Waals surface area (Å²) in [6, 6.07) is 20.8. The summed E-state index contributed by atoms with van der Waals surface area (Å²) in [4.78, 5) is 20.6. The first kappa shape index (κ1) is 27.7. The van der Waals surface area contributed by atoms with Gasteiger partial charge in [0.1, 0.15) is 0 Å². The lowest BCUT2D eigenvalue weighted by molar-refractivity contribution is 0.0584. The highest BCUT2D eigenvalue weighted by Gasteiger charge is 2.33. The topological polar surface area (TPSA) is 38.8 Å². The Morgan fingerprint density at radius 3 is 2.13 bits per heavy atom. The smallest absolute Gasteiger partial charge is 0.318 e. The number of hydrogen-bond acceptors (Lipinski definition) is 3. The lowest BCUT2D eigenvalue weighted by atomic mass is 9.84. The van der Waals surface area contributed by atoms with Crippen LogP contribution in [0.3, 0.4) is 0 Å². The quantitative estimate of drug-likeness (QED) is 0.450. The molecule has 2 aromatic rings. The summed E-state index contributed by atoms with van der Waals surface area (Å²) in [7, 11) is 2.23. The molecule has 1 atom stereocenters. The highest BCUT2D eigenvalue weighted by atomic mass is 35.5. The van der Waals surface area contributed by atoms with Crippen molar-refractivity contribution in [1.82, 2.24) is 20.0 Å². The summed E-state index contributed by atoms with van der Waals surface area (Å²) < 4.78 is 0. The molecule has 1 N–H and O–H groups in total. The van der Waals surface area contributed by atoms with Crippen molar-refractivity contribution in [3.05, 3.63) is 107 Å². The van der Waals surface area contributed by atoms with Gasteiger partial charge >= 0.3 is 6.03 Å². The molecule has 0 bridgehead atoms. The van der Waals surface area contributed by atoms with Crippen molar-refractivity contribution in [3.63, 3.8) is 0 Å². The maximum absolute atomic E-state index is 13.5. The molecule has 0 spiro atoms. The van der Waals surface area contributed by atoms with Gasteiger partial charge in [0.15, 0.2) is 0 Å². The minimum Gasteiger partial charge on any atom is -0.327 e. The molecule has 206 valence electrons. The van der Waals surface area contributed by atoms with Crippen molar-refractivity contribution in [1.29, 1.82) is 0 Å². The Kier molecular flexibility index (Phi) is 9.57. The van der Waals surface area contributed by atoms with Crippen LogP contribution in [0.1, 0.15) is 42.9 Å². The van der Waals surface area contributed by atoms with Crippen LogP contribution in [0.5, 0.6) is 0 Å². The molecule has 1 unspecified atom stereocenters. The molecule has 2 aromatic carbocycles. The van der Waals surface area contributed by atoms with Gasteiger partial charge < -0.3 is 15.1 Å². The van der Waals surface area contributed by atoms with E-state index in [0.717, 1.165) is 68.3 Å². The molecule has 2 amide bonds. The van der Waals surface area contributed by atoms with E-state index in [-0.39, 0.29) is 12.1 Å². The van der Waals surface area contributed by atoms with Gasteiger partial charge in [0, 0.05) is 43.7 Å². The minimum atomic E-state index is -0.168. The van der Waals surface area contributed by atoms with E-state index < -0.39 is 0 Å². The molecule has 5 nitrogen and oxygen atoms in total. The number of carbonyl (C=O) groups excluding carboxylic acids is 1. The number of nitrogens with one attached hydrogen (secondary N) is 1. The zero-order valence-electron chi connectivity index (χ0n) is 23.0. The van der Waals surface area contributed by atoms with E-state index in [1.54, 1.807) is 0 Å². The van der Waals surface area contributed by atoms with Crippen molar-refractivity contribution in [2.75, 3.05) is 46.3 Å². The maximum Gasteiger partial charge on any atom is 0.318 e. The molecule has 3 aliphatic rings. The molecule has 5 rings (SSSR count). The lowest BCUT2D eigenvalue weighted by Crippen LogP contribution is -2.56. The van der Waals surface area contributed by atoms with Crippen LogP contribution in [0.15, 0.2) is 95.6 Å². The molecule has 0 radical (unpaired) electrons. The standard InChI is InChI=1S/C33H41ClN4O/c1-36-19-17-27(18-20-36)31(25-26-9-8-14-30(34)16-15-26)37-21-23-38(24-22-37)33(39)35-32(28-10-4-2-5-11-28)29-12-6-3-7-13-29/h2-13,15-16,27,31-32H,14,17-25H2,1H3,(H,35,39). The highest BCUT2D eigenvalue weighted by Crippen LogP contribution is 2.30. The van der Waals surface area contributed by atoms with Crippen molar-refractivity contribution >= 4 is 17.6 Å². The Hall–Kier alpha value is -2.86. The summed E-state index contributed by atoms with van der Waals surface area (Å²) >= 11 is 6.30. The number of allylic oxidation sites excluding steroid dienone is 5. The van der Waals surface area contributed by atoms with Crippen molar-refractivity contribution in [3.8, 4) is 0 Å². The number of piperidine rings is 1. The third-order valence-corrected chi connectivity index (χ3v) is 8.76. The molecular formula is C33H41ClN4O. The number of rotatable bonds is 7. The van der Waals surface area contributed by atoms with Gasteiger partial charge in [-0.15, -0.1) is 0 Å². The number of likely N-dealkylation sites (tertiary alicyclic amines) is 1. The van der Waals surface area contributed by atoms with Crippen molar-refractivity contribution in [2.45, 2.75) is 37.8 Å². The fraction of sp³-hybridized carbons (Fsp3) is 0.424. The van der Waals surface area contributed by atoms with Gasteiger partial charge in [0.05, 0.1) is 6.04 Å². The Morgan fingerprint density at radius 2 is 1.51 bits per heavy atom. The van der Waals surface area contributed by atoms with Crippen LogP contribution in [0.2, 0.25) is 0 Å². The zero-order valence-corrected chi connectivity index (χ0v) is 23.8. The van der Waals surface area contributed by atoms with E-state index in [1.807, 2.05) is 41.3 Å². The average Bonchev–Trinajstić information content (AvgIpc) is 3.19. The first-order chi connectivity index (χ1) is 19.1. The van der Waals surface area contributed by atoms with E-state index in [9.17, 15) is 4.79 Å². The van der Waals surface area contributed by atoms with Crippen LogP contribution in [-0.4, -0.2) is 73.1 Å². The van der Waals surface area contributed by atoms with E-state index in [0.29, 0.717) is 12.0 Å². The number of piperazine rings is 1. The number of urea groups is 1. The second kappa shape index (κ2) is 13.5. The summed E-state index contributed by atoms with van der Waals surface area (Å²) in [5.74, 6) is 0.666. The molecule has 2 aliphatic heterocycles. The molecule has 0 aromatic heterocycles. The number of carbonyl (C=O) groups is 1. The second-order valence-corrected chi connectivity index (χ2v) is 11.6. The lowest BCUT2D eigenvalue weighted by Gasteiger charge is -2.44. The molecule has 39 heavy (non-hydrogen) atoms. The SMILES string of the molecule is CN1CCC(C(CC2=CC=C(Cl)CC=C2)N2CCN(C(=O)NC(c3ccccc3)c3ccccc3)CC2)CC1. The third kappa shape index (κ3) is 7.42. The molecule has 2 heterocycles. The highest BCUT2D eigenvalue weighted by molar-refractivity contribution is 6.29. The van der Waals surface area contributed by atoms with Gasteiger partial charge in [-0.1, -0.05) is 90.5 Å². The Bertz CT molecular complexity index is 1120. The monoisotopic (exact) mass is 544 g/mol. The number of halogens is 1. The molecule has 1 aliphatic carbocycles. The number of nitrogens with zero attached hydrogens (tertiary/aromatic N) is 3. The predicted molar refractivity (Wildman–Crippen MR) is 161 cm³/mol. The zero-order chi connectivity index (χ0) is 27.0. The first-order valence-corrected chi connectivity index (χ1v) is 14.7. The maximum atomic E-state index is 13.5. The van der Waals surface area contributed by atoms with E-state index >= 15 is 0 Å². The van der Waals surface area contributed by atoms with Gasteiger partial charge in [-0.05, 0) is 68.1 Å². The van der Waals surface area contributed by atoms with Gasteiger partial charge in [0.25, 0.3) is 0 Å². The Labute approximate surface area is 238 Å². The molecule has 2 saturated heterocycles. The summed E-state index contributed by atoms with van der Waals surface area (Å²) in [6.45, 7) is 5.60. The van der Waals surface area contributed by atoms with Gasteiger partial charge in [0.2, 0.25) is 0 Å². The molecule has 6 heteroatoms. The molecule has 2 fully saturated rings. The fourth-order valence-corrected chi connectivity index (χ4v) is 6.30. The fourth-order valence-electron chi connectivity index (χ4n) is 6.15. The van der Waals surface area contributed by atoms with Crippen LogP contribution < -0.4 is 5.32 Å². The van der Waals surface area contributed by atoms with E-state index in [4.69, 9.17) is 11.6 Å². The van der Waals surface area contributed by atoms with Crippen LogP contribution in [0, 0.1) is 5.92 Å². The van der Waals surface area contributed by atoms with Crippen molar-refractivity contribution in [2.24, 2.45) is 5.92 Å². The van der Waals surface area contributed by atoms with Gasteiger partial charge in [-0.2, -0.15) is 0 Å². The summed E-state index contributed by atoms with van der Waals surface area (Å²) in [5.41, 5.74) is 3.54. The number of benzene rings is 2. The van der Waals surface area contributed by atoms with Crippen molar-refractivity contribution < 1.29 is 4.79 Å². The average molecular weight is 545 g/mol. The Morgan fingerprint density at radius 1 is 0.897 bits per heavy atom. The third-order valence-electron chi connectivity index (χ3n) is 8.48. The number of amides is 2. The normalized spacial score (nSPS) is 20.3. The van der Waals surface area contributed by atoms with E-state index in [1.165, 1.54) is 18.4 Å². The summed E-state index contributed by atoms with van der Waals surface area (Å²) in [6.07, 6.45) is 13.0. The molecular weight excluding hydrogens is 504 g/mol. The first-order valence-electron chi connectivity index (χ1n) is 14.4. The second-order valence-electron chi connectivity index (χ2n) is 11.1. The summed E-state index contributed by atoms with van der Waals surface area (Å²) in [5, 5.41) is 4.22. The largest absolute Gasteiger partial charge is 0.327 e. The van der Waals surface area contributed by atoms with Crippen LogP contribution in [0.25, 0.3) is 0 Å². The number of hydrogen-bond donors (Lipinski definition) is 1. The van der Waals surface area contributed by atoms with Gasteiger partial charge in [-0.3, -0.25) is 4.90 Å². The minimum absolute atomic E-state index is 0.0115. The van der Waals surface area contributed by atoms with Crippen LogP contribution >= 0.6 is 11.6 Å². The predicted octanol–water partition coefficient (Wildman–Crippen LogP) is 6.21. The Balaban J connectivity index is 1.25. The van der Waals surface area contributed by atoms with Crippen LogP contribution in [0.4, 0.5) is 4.79 Å². The van der Waals surface area contributed by atoms with Gasteiger partial charge in [-0.25, -0.2) is 4.79 Å². The molecule has 0 saturated carbocycles. The van der Waals surface area contributed by atoms with E-state index in [2.05, 4.69) is 70.7 Å². The van der Waals surface area contributed by atoms with Crippen LogP contribution in [-0.2, 0) is 0 Å².